The van der Waals surface area contributed by atoms with Gasteiger partial charge in [-0.05, 0) is 25.5 Å². The Labute approximate surface area is 90.2 Å². The number of thioether (sulfide) groups is 1. The van der Waals surface area contributed by atoms with E-state index in [1.165, 1.54) is 12.8 Å². The van der Waals surface area contributed by atoms with Crippen molar-refractivity contribution in [2.45, 2.75) is 43.4 Å². The van der Waals surface area contributed by atoms with Crippen LogP contribution in [-0.2, 0) is 4.79 Å². The Morgan fingerprint density at radius 2 is 2.36 bits per heavy atom. The van der Waals surface area contributed by atoms with E-state index in [1.54, 1.807) is 0 Å². The summed E-state index contributed by atoms with van der Waals surface area (Å²) in [5.74, 6) is 0.110. The number of carbonyl (C=O) groups excluding carboxylic acids is 1. The van der Waals surface area contributed by atoms with Gasteiger partial charge in [-0.3, -0.25) is 4.79 Å². The van der Waals surface area contributed by atoms with Gasteiger partial charge in [-0.15, -0.1) is 0 Å². The number of rotatable bonds is 4. The van der Waals surface area contributed by atoms with Gasteiger partial charge in [-0.2, -0.15) is 11.8 Å². The Bertz CT molecular complexity index is 187. The molecule has 0 saturated heterocycles. The fourth-order valence-electron chi connectivity index (χ4n) is 1.92. The lowest BCUT2D eigenvalue weighted by molar-refractivity contribution is -0.121. The van der Waals surface area contributed by atoms with Crippen LogP contribution < -0.4 is 11.1 Å². The van der Waals surface area contributed by atoms with Crippen LogP contribution in [0.2, 0.25) is 0 Å². The predicted octanol–water partition coefficient (Wildman–Crippen LogP) is 1.13. The fraction of sp³-hybridized carbons (Fsp3) is 0.900. The molecule has 0 heterocycles. The molecule has 2 atom stereocenters. The molecule has 0 aromatic rings. The van der Waals surface area contributed by atoms with E-state index in [0.29, 0.717) is 19.0 Å². The van der Waals surface area contributed by atoms with Gasteiger partial charge in [-0.25, -0.2) is 0 Å². The van der Waals surface area contributed by atoms with Crippen molar-refractivity contribution in [3.63, 3.8) is 0 Å². The largest absolute Gasteiger partial charge is 0.353 e. The summed E-state index contributed by atoms with van der Waals surface area (Å²) < 4.78 is 0. The number of nitrogens with two attached hydrogens (primary N) is 1. The van der Waals surface area contributed by atoms with Crippen LogP contribution in [0.5, 0.6) is 0 Å². The Morgan fingerprint density at radius 3 is 3.00 bits per heavy atom. The molecule has 1 rings (SSSR count). The minimum Gasteiger partial charge on any atom is -0.353 e. The minimum atomic E-state index is 0.110. The molecule has 0 aromatic carbocycles. The molecule has 1 saturated carbocycles. The first-order valence-corrected chi connectivity index (χ1v) is 6.57. The molecule has 14 heavy (non-hydrogen) atoms. The molecule has 1 fully saturated rings. The fourth-order valence-corrected chi connectivity index (χ4v) is 2.75. The van der Waals surface area contributed by atoms with E-state index in [2.05, 4.69) is 11.6 Å². The monoisotopic (exact) mass is 216 g/mol. The second-order valence-corrected chi connectivity index (χ2v) is 4.97. The Hall–Kier alpha value is -0.220. The molecule has 0 bridgehead atoms. The maximum atomic E-state index is 11.3. The van der Waals surface area contributed by atoms with Gasteiger partial charge in [0.25, 0.3) is 0 Å². The molecule has 3 N–H and O–H groups in total. The van der Waals surface area contributed by atoms with Crippen LogP contribution in [0.1, 0.15) is 32.1 Å². The average Bonchev–Trinajstić information content (AvgIpc) is 2.18. The van der Waals surface area contributed by atoms with Crippen LogP contribution in [-0.4, -0.2) is 30.0 Å². The summed E-state index contributed by atoms with van der Waals surface area (Å²) in [6.07, 6.45) is 7.39. The molecule has 0 spiro atoms. The molecule has 82 valence electrons. The van der Waals surface area contributed by atoms with E-state index < -0.39 is 0 Å². The van der Waals surface area contributed by atoms with Crippen molar-refractivity contribution < 1.29 is 4.79 Å². The SMILES string of the molecule is CSC1CCCC(NC(=O)CCN)C1. The molecule has 0 aliphatic heterocycles. The number of hydrogen-bond donors (Lipinski definition) is 2. The summed E-state index contributed by atoms with van der Waals surface area (Å²) >= 11 is 1.91. The summed E-state index contributed by atoms with van der Waals surface area (Å²) in [6, 6.07) is 0.389. The van der Waals surface area contributed by atoms with Crippen LogP contribution in [0, 0.1) is 0 Å². The third-order valence-electron chi connectivity index (χ3n) is 2.70. The molecule has 1 aliphatic rings. The van der Waals surface area contributed by atoms with Gasteiger partial charge in [0.15, 0.2) is 0 Å². The molecular weight excluding hydrogens is 196 g/mol. The van der Waals surface area contributed by atoms with Crippen molar-refractivity contribution in [2.24, 2.45) is 5.73 Å². The zero-order chi connectivity index (χ0) is 10.4. The number of hydrogen-bond acceptors (Lipinski definition) is 3. The van der Waals surface area contributed by atoms with E-state index in [9.17, 15) is 4.79 Å². The highest BCUT2D eigenvalue weighted by Gasteiger charge is 2.21. The van der Waals surface area contributed by atoms with Gasteiger partial charge in [0.2, 0.25) is 5.91 Å². The number of amides is 1. The second kappa shape index (κ2) is 6.30. The van der Waals surface area contributed by atoms with Crippen molar-refractivity contribution in [1.82, 2.24) is 5.32 Å². The summed E-state index contributed by atoms with van der Waals surface area (Å²) in [6.45, 7) is 0.449. The second-order valence-electron chi connectivity index (χ2n) is 3.83. The molecule has 0 radical (unpaired) electrons. The molecule has 0 aromatic heterocycles. The highest BCUT2D eigenvalue weighted by molar-refractivity contribution is 7.99. The summed E-state index contributed by atoms with van der Waals surface area (Å²) in [5.41, 5.74) is 5.32. The highest BCUT2D eigenvalue weighted by atomic mass is 32.2. The third-order valence-corrected chi connectivity index (χ3v) is 3.79. The quantitative estimate of drug-likeness (QED) is 0.740. The van der Waals surface area contributed by atoms with Crippen molar-refractivity contribution in [3.05, 3.63) is 0 Å². The lowest BCUT2D eigenvalue weighted by Gasteiger charge is -2.28. The van der Waals surface area contributed by atoms with Gasteiger partial charge < -0.3 is 11.1 Å². The molecule has 2 unspecified atom stereocenters. The lowest BCUT2D eigenvalue weighted by Crippen LogP contribution is -2.39. The van der Waals surface area contributed by atoms with Gasteiger partial charge in [0.1, 0.15) is 0 Å². The first-order valence-electron chi connectivity index (χ1n) is 5.28. The van der Waals surface area contributed by atoms with E-state index in [1.807, 2.05) is 11.8 Å². The summed E-state index contributed by atoms with van der Waals surface area (Å²) in [5, 5.41) is 3.78. The highest BCUT2D eigenvalue weighted by Crippen LogP contribution is 2.26. The average molecular weight is 216 g/mol. The molecular formula is C10H20N2OS. The molecule has 1 amide bonds. The molecule has 4 heteroatoms. The Balaban J connectivity index is 2.26. The van der Waals surface area contributed by atoms with Crippen LogP contribution in [0.15, 0.2) is 0 Å². The zero-order valence-electron chi connectivity index (χ0n) is 8.79. The number of carbonyl (C=O) groups is 1. The molecule has 1 aliphatic carbocycles. The van der Waals surface area contributed by atoms with Gasteiger partial charge in [0, 0.05) is 24.3 Å². The normalized spacial score (nSPS) is 27.3. The summed E-state index contributed by atoms with van der Waals surface area (Å²) in [7, 11) is 0. The third kappa shape index (κ3) is 3.88. The maximum Gasteiger partial charge on any atom is 0.221 e. The van der Waals surface area contributed by atoms with Crippen LogP contribution in [0.3, 0.4) is 0 Å². The Morgan fingerprint density at radius 1 is 1.57 bits per heavy atom. The van der Waals surface area contributed by atoms with Crippen molar-refractivity contribution in [2.75, 3.05) is 12.8 Å². The standard InChI is InChI=1S/C10H20N2OS/c1-14-9-4-2-3-8(7-9)12-10(13)5-6-11/h8-9H,2-7,11H2,1H3,(H,12,13). The van der Waals surface area contributed by atoms with Crippen LogP contribution >= 0.6 is 11.8 Å². The minimum absolute atomic E-state index is 0.110. The van der Waals surface area contributed by atoms with Crippen LogP contribution in [0.25, 0.3) is 0 Å². The van der Waals surface area contributed by atoms with E-state index in [4.69, 9.17) is 5.73 Å². The Kier molecular flexibility index (Phi) is 5.33. The first-order chi connectivity index (χ1) is 6.76. The summed E-state index contributed by atoms with van der Waals surface area (Å²) in [4.78, 5) is 11.3. The van der Waals surface area contributed by atoms with E-state index in [-0.39, 0.29) is 5.91 Å². The number of nitrogens with one attached hydrogen (secondary N) is 1. The maximum absolute atomic E-state index is 11.3. The van der Waals surface area contributed by atoms with Crippen molar-refractivity contribution in [3.8, 4) is 0 Å². The van der Waals surface area contributed by atoms with E-state index in [0.717, 1.165) is 18.1 Å². The van der Waals surface area contributed by atoms with Crippen molar-refractivity contribution >= 4 is 17.7 Å². The van der Waals surface area contributed by atoms with E-state index >= 15 is 0 Å². The van der Waals surface area contributed by atoms with Crippen LogP contribution in [0.4, 0.5) is 0 Å². The van der Waals surface area contributed by atoms with Gasteiger partial charge in [0.05, 0.1) is 0 Å². The smallest absolute Gasteiger partial charge is 0.221 e. The lowest BCUT2D eigenvalue weighted by atomic mass is 9.95. The zero-order valence-corrected chi connectivity index (χ0v) is 9.61. The predicted molar refractivity (Wildman–Crippen MR) is 61.4 cm³/mol. The topological polar surface area (TPSA) is 55.1 Å². The van der Waals surface area contributed by atoms with Gasteiger partial charge >= 0.3 is 0 Å². The molecule has 3 nitrogen and oxygen atoms in total. The first kappa shape index (κ1) is 11.9. The van der Waals surface area contributed by atoms with Gasteiger partial charge in [-0.1, -0.05) is 6.42 Å². The van der Waals surface area contributed by atoms with Crippen molar-refractivity contribution in [1.29, 1.82) is 0 Å².